The number of carbonyl (C=O) groups excluding carboxylic acids is 1. The third-order valence-corrected chi connectivity index (χ3v) is 5.52. The van der Waals surface area contributed by atoms with Gasteiger partial charge in [0, 0.05) is 13.1 Å². The zero-order valence-corrected chi connectivity index (χ0v) is 15.2. The minimum atomic E-state index is -0.856. The van der Waals surface area contributed by atoms with Crippen LogP contribution in [-0.4, -0.2) is 46.1 Å². The van der Waals surface area contributed by atoms with Gasteiger partial charge in [-0.3, -0.25) is 9.59 Å². The number of rotatable bonds is 6. The molecule has 1 fully saturated rings. The Morgan fingerprint density at radius 3 is 3.00 bits per heavy atom. The van der Waals surface area contributed by atoms with Crippen LogP contribution in [0.1, 0.15) is 33.1 Å². The van der Waals surface area contributed by atoms with Crippen LogP contribution < -0.4 is 10.2 Å². The summed E-state index contributed by atoms with van der Waals surface area (Å²) in [6.07, 6.45) is 3.62. The first kappa shape index (κ1) is 17.6. The molecule has 2 aromatic rings. The minimum Gasteiger partial charge on any atom is -0.481 e. The molecule has 0 radical (unpaired) electrons. The van der Waals surface area contributed by atoms with Crippen molar-refractivity contribution in [3.63, 3.8) is 0 Å². The quantitative estimate of drug-likeness (QED) is 0.818. The summed E-state index contributed by atoms with van der Waals surface area (Å²) >= 11 is 1.56. The van der Waals surface area contributed by atoms with Gasteiger partial charge < -0.3 is 15.3 Å². The predicted octanol–water partition coefficient (Wildman–Crippen LogP) is 2.28. The molecule has 3 rings (SSSR count). The number of thiophene rings is 1. The molecule has 1 aliphatic heterocycles. The maximum atomic E-state index is 12.6. The molecule has 0 bridgehead atoms. The Labute approximate surface area is 150 Å². The lowest BCUT2D eigenvalue weighted by Gasteiger charge is -2.26. The van der Waals surface area contributed by atoms with Gasteiger partial charge >= 0.3 is 5.97 Å². The second kappa shape index (κ2) is 6.95. The summed E-state index contributed by atoms with van der Waals surface area (Å²) in [6.45, 7) is 4.45. The van der Waals surface area contributed by atoms with Crippen molar-refractivity contribution in [3.05, 3.63) is 17.8 Å². The van der Waals surface area contributed by atoms with Gasteiger partial charge in [0.05, 0.1) is 10.8 Å². The van der Waals surface area contributed by atoms with Crippen molar-refractivity contribution in [3.8, 4) is 0 Å². The number of hydrogen-bond acceptors (Lipinski definition) is 6. The standard InChI is InChI=1S/C17H22N4O3S/c1-17(2,16(23)24)6-7-18-14(22)12-4-3-8-21(12)13-11-5-9-25-15(11)20-10-19-13/h5,9-10,12H,3-4,6-8H2,1-2H3,(H,18,22)(H,23,24). The van der Waals surface area contributed by atoms with Crippen LogP contribution in [0.4, 0.5) is 5.82 Å². The van der Waals surface area contributed by atoms with E-state index >= 15 is 0 Å². The van der Waals surface area contributed by atoms with Gasteiger partial charge in [0.2, 0.25) is 5.91 Å². The first-order valence-corrected chi connectivity index (χ1v) is 9.24. The number of carboxylic acids is 1. The van der Waals surface area contributed by atoms with E-state index in [1.165, 1.54) is 6.33 Å². The number of fused-ring (bicyclic) bond motifs is 1. The van der Waals surface area contributed by atoms with Gasteiger partial charge in [-0.1, -0.05) is 0 Å². The zero-order chi connectivity index (χ0) is 18.0. The van der Waals surface area contributed by atoms with Crippen LogP contribution in [0, 0.1) is 5.41 Å². The summed E-state index contributed by atoms with van der Waals surface area (Å²) in [6, 6.07) is 1.71. The normalized spacial score (nSPS) is 17.8. The van der Waals surface area contributed by atoms with E-state index in [9.17, 15) is 9.59 Å². The Bertz CT molecular complexity index is 789. The summed E-state index contributed by atoms with van der Waals surface area (Å²) in [5.74, 6) is -0.125. The number of carbonyl (C=O) groups is 2. The Hall–Kier alpha value is -2.22. The van der Waals surface area contributed by atoms with E-state index in [0.717, 1.165) is 35.4 Å². The molecule has 134 valence electrons. The summed E-state index contributed by atoms with van der Waals surface area (Å²) in [7, 11) is 0. The highest BCUT2D eigenvalue weighted by Crippen LogP contribution is 2.31. The van der Waals surface area contributed by atoms with Crippen LogP contribution in [0.25, 0.3) is 10.2 Å². The van der Waals surface area contributed by atoms with Crippen LogP contribution in [0.2, 0.25) is 0 Å². The number of carboxylic acid groups (broad SMARTS) is 1. The van der Waals surface area contributed by atoms with Crippen molar-refractivity contribution in [2.24, 2.45) is 5.41 Å². The average Bonchev–Trinajstić information content (AvgIpc) is 3.23. The topological polar surface area (TPSA) is 95.4 Å². The van der Waals surface area contributed by atoms with Gasteiger partial charge in [0.25, 0.3) is 0 Å². The van der Waals surface area contributed by atoms with E-state index < -0.39 is 11.4 Å². The van der Waals surface area contributed by atoms with E-state index in [1.54, 1.807) is 25.2 Å². The molecule has 1 saturated heterocycles. The lowest BCUT2D eigenvalue weighted by Crippen LogP contribution is -2.44. The maximum Gasteiger partial charge on any atom is 0.309 e. The summed E-state index contributed by atoms with van der Waals surface area (Å²) in [5.41, 5.74) is -0.849. The van der Waals surface area contributed by atoms with Crippen molar-refractivity contribution in [2.45, 2.75) is 39.2 Å². The molecule has 25 heavy (non-hydrogen) atoms. The van der Waals surface area contributed by atoms with Crippen LogP contribution in [0.5, 0.6) is 0 Å². The van der Waals surface area contributed by atoms with E-state index in [1.807, 2.05) is 16.3 Å². The van der Waals surface area contributed by atoms with Crippen LogP contribution >= 0.6 is 11.3 Å². The Kier molecular flexibility index (Phi) is 4.89. The van der Waals surface area contributed by atoms with Gasteiger partial charge in [-0.25, -0.2) is 9.97 Å². The number of amides is 1. The number of aromatic nitrogens is 2. The van der Waals surface area contributed by atoms with E-state index in [4.69, 9.17) is 5.11 Å². The second-order valence-corrected chi connectivity index (χ2v) is 7.81. The van der Waals surface area contributed by atoms with Crippen LogP contribution in [0.3, 0.4) is 0 Å². The summed E-state index contributed by atoms with van der Waals surface area (Å²) < 4.78 is 0. The largest absolute Gasteiger partial charge is 0.481 e. The molecule has 0 saturated carbocycles. The molecule has 0 aliphatic carbocycles. The van der Waals surface area contributed by atoms with Crippen LogP contribution in [-0.2, 0) is 9.59 Å². The molecular weight excluding hydrogens is 340 g/mol. The van der Waals surface area contributed by atoms with Crippen molar-refractivity contribution in [1.82, 2.24) is 15.3 Å². The van der Waals surface area contributed by atoms with Crippen molar-refractivity contribution in [1.29, 1.82) is 0 Å². The number of hydrogen-bond donors (Lipinski definition) is 2. The van der Waals surface area contributed by atoms with Gasteiger partial charge in [0.1, 0.15) is 23.0 Å². The molecule has 7 nitrogen and oxygen atoms in total. The van der Waals surface area contributed by atoms with Gasteiger partial charge in [-0.2, -0.15) is 0 Å². The molecule has 1 aliphatic rings. The smallest absolute Gasteiger partial charge is 0.309 e. The van der Waals surface area contributed by atoms with Crippen molar-refractivity contribution < 1.29 is 14.7 Å². The van der Waals surface area contributed by atoms with Gasteiger partial charge in [-0.15, -0.1) is 11.3 Å². The fraction of sp³-hybridized carbons (Fsp3) is 0.529. The Balaban J connectivity index is 1.68. The fourth-order valence-electron chi connectivity index (χ4n) is 3.02. The highest BCUT2D eigenvalue weighted by molar-refractivity contribution is 7.16. The number of anilines is 1. The lowest BCUT2D eigenvalue weighted by atomic mass is 9.89. The first-order valence-electron chi connectivity index (χ1n) is 8.36. The predicted molar refractivity (Wildman–Crippen MR) is 96.8 cm³/mol. The molecule has 1 atom stereocenters. The van der Waals surface area contributed by atoms with Crippen molar-refractivity contribution >= 4 is 39.2 Å². The zero-order valence-electron chi connectivity index (χ0n) is 14.4. The molecule has 1 unspecified atom stereocenters. The average molecular weight is 362 g/mol. The molecule has 0 aromatic carbocycles. The fourth-order valence-corrected chi connectivity index (χ4v) is 3.75. The molecule has 2 N–H and O–H groups in total. The van der Waals surface area contributed by atoms with E-state index in [0.29, 0.717) is 13.0 Å². The molecule has 2 aromatic heterocycles. The minimum absolute atomic E-state index is 0.0688. The highest BCUT2D eigenvalue weighted by Gasteiger charge is 2.33. The molecule has 1 amide bonds. The lowest BCUT2D eigenvalue weighted by molar-refractivity contribution is -0.147. The number of aliphatic carboxylic acids is 1. The summed E-state index contributed by atoms with van der Waals surface area (Å²) in [4.78, 5) is 35.4. The molecule has 3 heterocycles. The van der Waals surface area contributed by atoms with Gasteiger partial charge in [-0.05, 0) is 44.6 Å². The van der Waals surface area contributed by atoms with E-state index in [-0.39, 0.29) is 11.9 Å². The van der Waals surface area contributed by atoms with Crippen LogP contribution in [0.15, 0.2) is 17.8 Å². The molecular formula is C17H22N4O3S. The maximum absolute atomic E-state index is 12.6. The van der Waals surface area contributed by atoms with Gasteiger partial charge in [0.15, 0.2) is 0 Å². The Morgan fingerprint density at radius 2 is 2.24 bits per heavy atom. The number of nitrogens with zero attached hydrogens (tertiary/aromatic N) is 3. The third-order valence-electron chi connectivity index (χ3n) is 4.70. The Morgan fingerprint density at radius 1 is 1.44 bits per heavy atom. The third kappa shape index (κ3) is 3.58. The SMILES string of the molecule is CC(C)(CCNC(=O)C1CCCN1c1ncnc2sccc12)C(=O)O. The molecule has 0 spiro atoms. The first-order chi connectivity index (χ1) is 11.9. The summed E-state index contributed by atoms with van der Waals surface area (Å²) in [5, 5.41) is 15.0. The second-order valence-electron chi connectivity index (χ2n) is 6.92. The highest BCUT2D eigenvalue weighted by atomic mass is 32.1. The van der Waals surface area contributed by atoms with E-state index in [2.05, 4.69) is 15.3 Å². The van der Waals surface area contributed by atoms with Crippen molar-refractivity contribution in [2.75, 3.05) is 18.0 Å². The monoisotopic (exact) mass is 362 g/mol. The number of nitrogens with one attached hydrogen (secondary N) is 1. The molecule has 8 heteroatoms.